The molecular formula is C18H14N4S. The van der Waals surface area contributed by atoms with Crippen LogP contribution in [0.15, 0.2) is 82.7 Å². The Kier molecular flexibility index (Phi) is 3.78. The van der Waals surface area contributed by atoms with Gasteiger partial charge in [0.05, 0.1) is 0 Å². The third kappa shape index (κ3) is 3.10. The molecule has 23 heavy (non-hydrogen) atoms. The van der Waals surface area contributed by atoms with E-state index in [1.807, 2.05) is 53.0 Å². The number of fused-ring (bicyclic) bond motifs is 1. The van der Waals surface area contributed by atoms with Gasteiger partial charge in [-0.25, -0.2) is 0 Å². The van der Waals surface area contributed by atoms with Crippen LogP contribution in [-0.2, 0) is 6.42 Å². The Hall–Kier alpha value is -2.66. The second-order valence-electron chi connectivity index (χ2n) is 5.14. The SMILES string of the molecule is c1ccc(Cc2nnc3ccc(Sc4ccccc4)nn23)cc1. The molecule has 0 aliphatic heterocycles. The average Bonchev–Trinajstić information content (AvgIpc) is 2.99. The van der Waals surface area contributed by atoms with Crippen molar-refractivity contribution in [3.63, 3.8) is 0 Å². The lowest BCUT2D eigenvalue weighted by atomic mass is 10.1. The van der Waals surface area contributed by atoms with Crippen LogP contribution in [0, 0.1) is 0 Å². The van der Waals surface area contributed by atoms with E-state index in [0.29, 0.717) is 6.42 Å². The van der Waals surface area contributed by atoms with E-state index in [4.69, 9.17) is 0 Å². The first-order valence-corrected chi connectivity index (χ1v) is 8.18. The molecule has 0 fully saturated rings. The molecule has 0 bridgehead atoms. The van der Waals surface area contributed by atoms with Gasteiger partial charge in [0, 0.05) is 11.3 Å². The molecule has 2 heterocycles. The second-order valence-corrected chi connectivity index (χ2v) is 6.23. The van der Waals surface area contributed by atoms with Crippen LogP contribution in [0.2, 0.25) is 0 Å². The number of nitrogens with zero attached hydrogens (tertiary/aromatic N) is 4. The number of aromatic nitrogens is 4. The van der Waals surface area contributed by atoms with E-state index in [1.165, 1.54) is 5.56 Å². The quantitative estimate of drug-likeness (QED) is 0.573. The summed E-state index contributed by atoms with van der Waals surface area (Å²) in [4.78, 5) is 1.16. The Morgan fingerprint density at radius 1 is 0.783 bits per heavy atom. The molecule has 0 N–H and O–H groups in total. The van der Waals surface area contributed by atoms with Crippen LogP contribution in [0.5, 0.6) is 0 Å². The molecule has 4 aromatic rings. The number of rotatable bonds is 4. The van der Waals surface area contributed by atoms with Crippen molar-refractivity contribution in [2.24, 2.45) is 0 Å². The summed E-state index contributed by atoms with van der Waals surface area (Å²) in [6, 6.07) is 24.4. The van der Waals surface area contributed by atoms with Crippen molar-refractivity contribution in [3.8, 4) is 0 Å². The van der Waals surface area contributed by atoms with Crippen molar-refractivity contribution in [1.29, 1.82) is 0 Å². The van der Waals surface area contributed by atoms with Gasteiger partial charge in [0.1, 0.15) is 5.03 Å². The number of benzene rings is 2. The molecule has 2 aromatic heterocycles. The fraction of sp³-hybridized carbons (Fsp3) is 0.0556. The first kappa shape index (κ1) is 14.0. The summed E-state index contributed by atoms with van der Waals surface area (Å²) in [5.41, 5.74) is 1.97. The van der Waals surface area contributed by atoms with Gasteiger partial charge < -0.3 is 0 Å². The van der Waals surface area contributed by atoms with Crippen molar-refractivity contribution in [3.05, 3.63) is 84.2 Å². The van der Waals surface area contributed by atoms with Crippen molar-refractivity contribution in [1.82, 2.24) is 19.8 Å². The highest BCUT2D eigenvalue weighted by molar-refractivity contribution is 7.99. The van der Waals surface area contributed by atoms with Gasteiger partial charge in [0.2, 0.25) is 0 Å². The van der Waals surface area contributed by atoms with E-state index < -0.39 is 0 Å². The first-order valence-electron chi connectivity index (χ1n) is 7.37. The smallest absolute Gasteiger partial charge is 0.177 e. The van der Waals surface area contributed by atoms with Crippen molar-refractivity contribution >= 4 is 17.4 Å². The van der Waals surface area contributed by atoms with E-state index in [-0.39, 0.29) is 0 Å². The van der Waals surface area contributed by atoms with E-state index in [2.05, 4.69) is 39.6 Å². The summed E-state index contributed by atoms with van der Waals surface area (Å²) in [5, 5.41) is 14.1. The molecule has 0 aliphatic rings. The van der Waals surface area contributed by atoms with E-state index in [9.17, 15) is 0 Å². The van der Waals surface area contributed by atoms with Gasteiger partial charge in [0.25, 0.3) is 0 Å². The molecule has 2 aromatic carbocycles. The maximum atomic E-state index is 4.68. The second kappa shape index (κ2) is 6.22. The predicted molar refractivity (Wildman–Crippen MR) is 90.6 cm³/mol. The van der Waals surface area contributed by atoms with Crippen molar-refractivity contribution in [2.45, 2.75) is 16.3 Å². The molecule has 0 aliphatic carbocycles. The largest absolute Gasteiger partial charge is 0.196 e. The van der Waals surface area contributed by atoms with Gasteiger partial charge in [-0.3, -0.25) is 0 Å². The highest BCUT2D eigenvalue weighted by Gasteiger charge is 2.09. The number of hydrogen-bond donors (Lipinski definition) is 0. The summed E-state index contributed by atoms with van der Waals surface area (Å²) in [7, 11) is 0. The average molecular weight is 318 g/mol. The van der Waals surface area contributed by atoms with Crippen LogP contribution >= 0.6 is 11.8 Å². The Labute approximate surface area is 138 Å². The molecule has 0 unspecified atom stereocenters. The summed E-state index contributed by atoms with van der Waals surface area (Å²) in [6.45, 7) is 0. The summed E-state index contributed by atoms with van der Waals surface area (Å²) >= 11 is 1.63. The molecule has 0 saturated heterocycles. The standard InChI is InChI=1S/C18H14N4S/c1-3-7-14(8-4-1)13-17-20-19-16-11-12-18(21-22(16)17)23-15-9-5-2-6-10-15/h1-12H,13H2. The molecule has 4 nitrogen and oxygen atoms in total. The Morgan fingerprint density at radius 2 is 1.52 bits per heavy atom. The van der Waals surface area contributed by atoms with Gasteiger partial charge in [-0.05, 0) is 29.8 Å². The molecule has 0 saturated carbocycles. The highest BCUT2D eigenvalue weighted by Crippen LogP contribution is 2.25. The van der Waals surface area contributed by atoms with E-state index >= 15 is 0 Å². The molecule has 0 spiro atoms. The zero-order valence-electron chi connectivity index (χ0n) is 12.3. The van der Waals surface area contributed by atoms with Crippen LogP contribution in [0.25, 0.3) is 5.65 Å². The topological polar surface area (TPSA) is 43.1 Å². The Bertz CT molecular complexity index is 920. The van der Waals surface area contributed by atoms with Gasteiger partial charge in [-0.15, -0.1) is 10.2 Å². The normalized spacial score (nSPS) is 11.0. The minimum atomic E-state index is 0.717. The van der Waals surface area contributed by atoms with Crippen LogP contribution in [0.3, 0.4) is 0 Å². The molecule has 5 heteroatoms. The Balaban J connectivity index is 1.66. The summed E-state index contributed by atoms with van der Waals surface area (Å²) in [5.74, 6) is 0.849. The Morgan fingerprint density at radius 3 is 2.30 bits per heavy atom. The summed E-state index contributed by atoms with van der Waals surface area (Å²) in [6.07, 6.45) is 0.717. The third-order valence-corrected chi connectivity index (χ3v) is 4.41. The fourth-order valence-electron chi connectivity index (χ4n) is 2.37. The molecule has 0 radical (unpaired) electrons. The zero-order valence-corrected chi connectivity index (χ0v) is 13.1. The van der Waals surface area contributed by atoms with Gasteiger partial charge in [0.15, 0.2) is 11.5 Å². The van der Waals surface area contributed by atoms with Crippen LogP contribution in [0.4, 0.5) is 0 Å². The molecule has 0 amide bonds. The van der Waals surface area contributed by atoms with E-state index in [0.717, 1.165) is 21.4 Å². The van der Waals surface area contributed by atoms with Gasteiger partial charge in [-0.2, -0.15) is 9.61 Å². The lowest BCUT2D eigenvalue weighted by Crippen LogP contribution is -2.00. The van der Waals surface area contributed by atoms with Crippen LogP contribution < -0.4 is 0 Å². The van der Waals surface area contributed by atoms with Crippen molar-refractivity contribution < 1.29 is 0 Å². The zero-order chi connectivity index (χ0) is 15.5. The monoisotopic (exact) mass is 318 g/mol. The first-order chi connectivity index (χ1) is 11.4. The fourth-order valence-corrected chi connectivity index (χ4v) is 3.16. The highest BCUT2D eigenvalue weighted by atomic mass is 32.2. The molecule has 4 rings (SSSR count). The maximum Gasteiger partial charge on any atom is 0.177 e. The lowest BCUT2D eigenvalue weighted by Gasteiger charge is -2.03. The van der Waals surface area contributed by atoms with Gasteiger partial charge in [-0.1, -0.05) is 60.3 Å². The minimum absolute atomic E-state index is 0.717. The third-order valence-electron chi connectivity index (χ3n) is 3.47. The lowest BCUT2D eigenvalue weighted by molar-refractivity contribution is 0.794. The molecule has 112 valence electrons. The van der Waals surface area contributed by atoms with Crippen LogP contribution in [-0.4, -0.2) is 19.8 Å². The molecular weight excluding hydrogens is 304 g/mol. The van der Waals surface area contributed by atoms with E-state index in [1.54, 1.807) is 11.8 Å². The summed E-state index contributed by atoms with van der Waals surface area (Å²) < 4.78 is 1.83. The maximum absolute atomic E-state index is 4.68. The minimum Gasteiger partial charge on any atom is -0.196 e. The van der Waals surface area contributed by atoms with Gasteiger partial charge >= 0.3 is 0 Å². The van der Waals surface area contributed by atoms with Crippen molar-refractivity contribution in [2.75, 3.05) is 0 Å². The predicted octanol–water partition coefficient (Wildman–Crippen LogP) is 3.87. The molecule has 0 atom stereocenters. The van der Waals surface area contributed by atoms with Crippen LogP contribution in [0.1, 0.15) is 11.4 Å². The number of hydrogen-bond acceptors (Lipinski definition) is 4.